The van der Waals surface area contributed by atoms with Gasteiger partial charge in [0.25, 0.3) is 0 Å². The normalized spacial score (nSPS) is 42.2. The maximum atomic E-state index is 13.1. The van der Waals surface area contributed by atoms with Gasteiger partial charge < -0.3 is 15.1 Å². The number of hydrogen-bond acceptors (Lipinski definition) is 3. The largest absolute Gasteiger partial charge is 0.393 e. The Balaban J connectivity index is 1.18. The molecule has 36 heavy (non-hydrogen) atoms. The minimum absolute atomic E-state index is 0.123. The molecule has 4 nitrogen and oxygen atoms in total. The van der Waals surface area contributed by atoms with Crippen LogP contribution in [0, 0.1) is 46.3 Å². The van der Waals surface area contributed by atoms with Gasteiger partial charge >= 0.3 is 0 Å². The molecule has 4 aliphatic carbocycles. The van der Waals surface area contributed by atoms with Gasteiger partial charge in [-0.3, -0.25) is 4.79 Å². The summed E-state index contributed by atoms with van der Waals surface area (Å²) in [6.45, 7) is 13.0. The first-order chi connectivity index (χ1) is 16.9. The third-order valence-corrected chi connectivity index (χ3v) is 12.5. The third kappa shape index (κ3) is 4.61. The average molecular weight is 500 g/mol. The topological polar surface area (TPSA) is 60.8 Å². The standard InChI is InChI=1S/C32H53NO3/c1-21(6-11-29(35)33-18-14-22(15-19-33)30(2,3)36)26-9-10-27-25-8-7-23-20-24(34)12-16-31(23,4)28(25)13-17-32(26,27)5/h7,21-22,24-28,34,36H,6,8-20H2,1-5H3/t21?,24-,25-,26+,27-,28-,31-,32+/m0/s1. The van der Waals surface area contributed by atoms with E-state index in [9.17, 15) is 15.0 Å². The van der Waals surface area contributed by atoms with E-state index < -0.39 is 5.60 Å². The summed E-state index contributed by atoms with van der Waals surface area (Å²) in [6, 6.07) is 0. The van der Waals surface area contributed by atoms with E-state index in [0.717, 1.165) is 68.9 Å². The highest BCUT2D eigenvalue weighted by Crippen LogP contribution is 2.67. The summed E-state index contributed by atoms with van der Waals surface area (Å²) < 4.78 is 0. The van der Waals surface area contributed by atoms with Gasteiger partial charge in [0.05, 0.1) is 11.7 Å². The van der Waals surface area contributed by atoms with Gasteiger partial charge in [-0.1, -0.05) is 32.4 Å². The van der Waals surface area contributed by atoms with Crippen molar-refractivity contribution < 1.29 is 15.0 Å². The highest BCUT2D eigenvalue weighted by molar-refractivity contribution is 5.76. The van der Waals surface area contributed by atoms with E-state index in [1.165, 1.54) is 38.5 Å². The number of nitrogens with zero attached hydrogens (tertiary/aromatic N) is 1. The molecule has 1 saturated heterocycles. The molecule has 0 aromatic carbocycles. The summed E-state index contributed by atoms with van der Waals surface area (Å²) in [4.78, 5) is 15.1. The molecule has 2 N–H and O–H groups in total. The van der Waals surface area contributed by atoms with Crippen LogP contribution >= 0.6 is 0 Å². The molecule has 1 heterocycles. The first kappa shape index (κ1) is 26.7. The molecule has 0 aromatic rings. The maximum absolute atomic E-state index is 13.1. The van der Waals surface area contributed by atoms with E-state index in [0.29, 0.717) is 35.0 Å². The highest BCUT2D eigenvalue weighted by Gasteiger charge is 2.59. The summed E-state index contributed by atoms with van der Waals surface area (Å²) in [5.41, 5.74) is 1.67. The molecule has 0 spiro atoms. The van der Waals surface area contributed by atoms with Gasteiger partial charge in [0.1, 0.15) is 0 Å². The van der Waals surface area contributed by atoms with Crippen LogP contribution in [0.1, 0.15) is 112 Å². The van der Waals surface area contributed by atoms with Gasteiger partial charge in [0, 0.05) is 19.5 Å². The monoisotopic (exact) mass is 499 g/mol. The predicted molar refractivity (Wildman–Crippen MR) is 145 cm³/mol. The molecule has 0 radical (unpaired) electrons. The van der Waals surface area contributed by atoms with Crippen LogP contribution in [0.25, 0.3) is 0 Å². The van der Waals surface area contributed by atoms with E-state index in [1.54, 1.807) is 5.57 Å². The van der Waals surface area contributed by atoms with Crippen molar-refractivity contribution in [3.05, 3.63) is 11.6 Å². The Bertz CT molecular complexity index is 852. The number of allylic oxidation sites excluding steroid dienone is 1. The van der Waals surface area contributed by atoms with Crippen LogP contribution in [0.15, 0.2) is 11.6 Å². The lowest BCUT2D eigenvalue weighted by atomic mass is 9.47. The minimum Gasteiger partial charge on any atom is -0.393 e. The zero-order valence-corrected chi connectivity index (χ0v) is 23.8. The molecule has 8 atom stereocenters. The third-order valence-electron chi connectivity index (χ3n) is 12.5. The Morgan fingerprint density at radius 2 is 1.81 bits per heavy atom. The quantitative estimate of drug-likeness (QED) is 0.433. The molecule has 0 aromatic heterocycles. The van der Waals surface area contributed by atoms with Crippen LogP contribution in [0.2, 0.25) is 0 Å². The van der Waals surface area contributed by atoms with E-state index in [1.807, 2.05) is 13.8 Å². The van der Waals surface area contributed by atoms with Crippen molar-refractivity contribution in [1.29, 1.82) is 0 Å². The van der Waals surface area contributed by atoms with Crippen molar-refractivity contribution >= 4 is 5.91 Å². The van der Waals surface area contributed by atoms with Crippen LogP contribution in [0.3, 0.4) is 0 Å². The molecule has 3 saturated carbocycles. The lowest BCUT2D eigenvalue weighted by molar-refractivity contribution is -0.134. The number of aliphatic hydroxyl groups is 2. The first-order valence-electron chi connectivity index (χ1n) is 15.3. The molecular formula is C32H53NO3. The molecule has 0 bridgehead atoms. The SMILES string of the molecule is CC(CCC(=O)N1CCC(C(C)(C)O)CC1)[C@H]1CC[C@H]2[C@@H]3CC=C4C[C@@H](O)CC[C@]4(C)[C@H]3CC[C@]12C. The number of likely N-dealkylation sites (tertiary alicyclic amines) is 1. The van der Waals surface area contributed by atoms with E-state index in [2.05, 4.69) is 31.7 Å². The van der Waals surface area contributed by atoms with Crippen LogP contribution in [-0.4, -0.2) is 45.8 Å². The fraction of sp³-hybridized carbons (Fsp3) is 0.906. The Morgan fingerprint density at radius 3 is 2.50 bits per heavy atom. The molecule has 1 amide bonds. The van der Waals surface area contributed by atoms with Crippen molar-refractivity contribution in [3.63, 3.8) is 0 Å². The van der Waals surface area contributed by atoms with Crippen LogP contribution in [0.4, 0.5) is 0 Å². The summed E-state index contributed by atoms with van der Waals surface area (Å²) in [5, 5.41) is 20.6. The van der Waals surface area contributed by atoms with Gasteiger partial charge in [-0.05, 0) is 131 Å². The number of hydrogen-bond donors (Lipinski definition) is 2. The van der Waals surface area contributed by atoms with Crippen molar-refractivity contribution in [2.45, 2.75) is 123 Å². The highest BCUT2D eigenvalue weighted by atomic mass is 16.3. The summed E-state index contributed by atoms with van der Waals surface area (Å²) in [6.07, 6.45) is 15.6. The van der Waals surface area contributed by atoms with Crippen LogP contribution in [-0.2, 0) is 4.79 Å². The minimum atomic E-state index is -0.636. The molecule has 4 heteroatoms. The van der Waals surface area contributed by atoms with Gasteiger partial charge in [0.2, 0.25) is 5.91 Å². The van der Waals surface area contributed by atoms with Gasteiger partial charge in [-0.25, -0.2) is 0 Å². The van der Waals surface area contributed by atoms with E-state index in [4.69, 9.17) is 0 Å². The van der Waals surface area contributed by atoms with Crippen LogP contribution in [0.5, 0.6) is 0 Å². The number of fused-ring (bicyclic) bond motifs is 5. The summed E-state index contributed by atoms with van der Waals surface area (Å²) in [5.74, 6) is 4.40. The summed E-state index contributed by atoms with van der Waals surface area (Å²) in [7, 11) is 0. The van der Waals surface area contributed by atoms with Crippen LogP contribution < -0.4 is 0 Å². The smallest absolute Gasteiger partial charge is 0.222 e. The summed E-state index contributed by atoms with van der Waals surface area (Å²) >= 11 is 0. The molecule has 5 aliphatic rings. The second-order valence-corrected chi connectivity index (χ2v) is 14.7. The second kappa shape index (κ2) is 9.70. The first-order valence-corrected chi connectivity index (χ1v) is 15.3. The number of rotatable bonds is 5. The molecular weight excluding hydrogens is 446 g/mol. The molecule has 1 aliphatic heterocycles. The number of carbonyl (C=O) groups excluding carboxylic acids is 1. The molecule has 1 unspecified atom stereocenters. The Hall–Kier alpha value is -0.870. The second-order valence-electron chi connectivity index (χ2n) is 14.7. The fourth-order valence-electron chi connectivity index (χ4n) is 10.2. The Morgan fingerprint density at radius 1 is 1.08 bits per heavy atom. The lowest BCUT2D eigenvalue weighted by Gasteiger charge is -2.58. The number of aliphatic hydroxyl groups excluding tert-OH is 1. The van der Waals surface area contributed by atoms with Crippen molar-refractivity contribution in [2.75, 3.05) is 13.1 Å². The average Bonchev–Trinajstić information content (AvgIpc) is 3.19. The number of piperidine rings is 1. The van der Waals surface area contributed by atoms with Crippen molar-refractivity contribution in [2.24, 2.45) is 46.3 Å². The zero-order valence-electron chi connectivity index (χ0n) is 23.8. The number of carbonyl (C=O) groups is 1. The van der Waals surface area contributed by atoms with E-state index in [-0.39, 0.29) is 6.10 Å². The fourth-order valence-corrected chi connectivity index (χ4v) is 10.2. The maximum Gasteiger partial charge on any atom is 0.222 e. The zero-order chi connectivity index (χ0) is 25.9. The van der Waals surface area contributed by atoms with Gasteiger partial charge in [-0.2, -0.15) is 0 Å². The Labute approximate surface area is 220 Å². The Kier molecular flexibility index (Phi) is 7.20. The number of amides is 1. The predicted octanol–water partition coefficient (Wildman–Crippen LogP) is 6.35. The lowest BCUT2D eigenvalue weighted by Crippen LogP contribution is -2.50. The van der Waals surface area contributed by atoms with Crippen molar-refractivity contribution in [1.82, 2.24) is 4.90 Å². The van der Waals surface area contributed by atoms with Crippen molar-refractivity contribution in [3.8, 4) is 0 Å². The molecule has 4 fully saturated rings. The molecule has 5 rings (SSSR count). The van der Waals surface area contributed by atoms with Gasteiger partial charge in [-0.15, -0.1) is 0 Å². The van der Waals surface area contributed by atoms with E-state index >= 15 is 0 Å². The van der Waals surface area contributed by atoms with Gasteiger partial charge in [0.15, 0.2) is 0 Å². The molecule has 204 valence electrons.